The molecule has 36 heavy (non-hydrogen) atoms. The second kappa shape index (κ2) is 17.3. The molecule has 6 nitrogen and oxygen atoms in total. The zero-order valence-electron chi connectivity index (χ0n) is 21.7. The zero-order chi connectivity index (χ0) is 26.0. The summed E-state index contributed by atoms with van der Waals surface area (Å²) < 4.78 is 0. The lowest BCUT2D eigenvalue weighted by Gasteiger charge is -2.23. The molecule has 0 saturated carbocycles. The first kappa shape index (κ1) is 29.1. The van der Waals surface area contributed by atoms with Gasteiger partial charge in [-0.25, -0.2) is 4.79 Å². The van der Waals surface area contributed by atoms with E-state index in [4.69, 9.17) is 0 Å². The number of unbranched alkanes of at least 4 members (excludes halogenated alkanes) is 7. The summed E-state index contributed by atoms with van der Waals surface area (Å²) in [7, 11) is 0. The number of carboxylic acid groups (broad SMARTS) is 1. The van der Waals surface area contributed by atoms with Gasteiger partial charge in [-0.15, -0.1) is 0 Å². The first-order valence-electron chi connectivity index (χ1n) is 13.4. The van der Waals surface area contributed by atoms with Gasteiger partial charge in [-0.05, 0) is 43.4 Å². The van der Waals surface area contributed by atoms with Gasteiger partial charge in [-0.3, -0.25) is 9.59 Å². The van der Waals surface area contributed by atoms with Gasteiger partial charge in [-0.1, -0.05) is 94.0 Å². The van der Waals surface area contributed by atoms with Gasteiger partial charge in [0.1, 0.15) is 6.04 Å². The molecule has 1 atom stereocenters. The highest BCUT2D eigenvalue weighted by molar-refractivity contribution is 5.94. The third-order valence-corrected chi connectivity index (χ3v) is 6.34. The van der Waals surface area contributed by atoms with E-state index in [-0.39, 0.29) is 11.8 Å². The summed E-state index contributed by atoms with van der Waals surface area (Å²) in [4.78, 5) is 38.9. The smallest absolute Gasteiger partial charge is 0.326 e. The highest BCUT2D eigenvalue weighted by atomic mass is 16.4. The van der Waals surface area contributed by atoms with Crippen molar-refractivity contribution < 1.29 is 19.5 Å². The van der Waals surface area contributed by atoms with Gasteiger partial charge >= 0.3 is 5.97 Å². The molecule has 0 saturated heterocycles. The summed E-state index contributed by atoms with van der Waals surface area (Å²) >= 11 is 0. The number of aliphatic carboxylic acids is 1. The average Bonchev–Trinajstić information content (AvgIpc) is 2.89. The maximum absolute atomic E-state index is 13.1. The molecule has 1 unspecified atom stereocenters. The predicted octanol–water partition coefficient (Wildman–Crippen LogP) is 6.21. The minimum Gasteiger partial charge on any atom is -0.480 e. The van der Waals surface area contributed by atoms with Crippen molar-refractivity contribution >= 4 is 17.8 Å². The Hall–Kier alpha value is -3.15. The van der Waals surface area contributed by atoms with Crippen LogP contribution in [0.25, 0.3) is 0 Å². The van der Waals surface area contributed by atoms with Gasteiger partial charge < -0.3 is 15.3 Å². The van der Waals surface area contributed by atoms with Crippen LogP contribution >= 0.6 is 0 Å². The molecule has 2 rings (SSSR count). The Morgan fingerprint density at radius 2 is 1.42 bits per heavy atom. The highest BCUT2D eigenvalue weighted by Crippen LogP contribution is 2.13. The number of nitrogens with zero attached hydrogens (tertiary/aromatic N) is 1. The minimum atomic E-state index is -1.01. The third kappa shape index (κ3) is 11.5. The largest absolute Gasteiger partial charge is 0.480 e. The fourth-order valence-corrected chi connectivity index (χ4v) is 4.24. The maximum Gasteiger partial charge on any atom is 0.326 e. The molecule has 2 N–H and O–H groups in total. The third-order valence-electron chi connectivity index (χ3n) is 6.34. The van der Waals surface area contributed by atoms with Crippen LogP contribution in [0.4, 0.5) is 0 Å². The van der Waals surface area contributed by atoms with Crippen LogP contribution in [0.15, 0.2) is 60.7 Å². The zero-order valence-corrected chi connectivity index (χ0v) is 21.7. The Kier molecular flexibility index (Phi) is 14.0. The van der Waals surface area contributed by atoms with Crippen LogP contribution in [0.3, 0.4) is 0 Å². The van der Waals surface area contributed by atoms with E-state index in [0.29, 0.717) is 44.3 Å². The first-order chi connectivity index (χ1) is 17.5. The van der Waals surface area contributed by atoms with Crippen molar-refractivity contribution in [3.8, 4) is 0 Å². The Labute approximate surface area is 216 Å². The van der Waals surface area contributed by atoms with E-state index < -0.39 is 12.0 Å². The van der Waals surface area contributed by atoms with Gasteiger partial charge in [0.2, 0.25) is 5.91 Å². The van der Waals surface area contributed by atoms with Gasteiger partial charge in [0, 0.05) is 25.1 Å². The minimum absolute atomic E-state index is 0.0442. The van der Waals surface area contributed by atoms with E-state index in [0.717, 1.165) is 24.8 Å². The van der Waals surface area contributed by atoms with Gasteiger partial charge in [0.25, 0.3) is 5.91 Å². The number of rotatable bonds is 18. The van der Waals surface area contributed by atoms with E-state index in [1.807, 2.05) is 60.7 Å². The highest BCUT2D eigenvalue weighted by Gasteiger charge is 2.20. The van der Waals surface area contributed by atoms with Crippen LogP contribution in [-0.2, 0) is 16.1 Å². The standard InChI is InChI=1S/C30H42N2O4/c1-2-3-4-5-6-7-14-22-28(33)31-27(30(35)36)21-15-16-23-32(24-25-17-10-8-11-18-25)29(34)26-19-12-9-13-20-26/h8-13,17-20,27H,2-7,14-16,21-24H2,1H3,(H,31,33)(H,35,36). The molecule has 0 aliphatic carbocycles. The fraction of sp³-hybridized carbons (Fsp3) is 0.500. The number of hydrogen-bond acceptors (Lipinski definition) is 3. The van der Waals surface area contributed by atoms with Crippen molar-refractivity contribution in [2.24, 2.45) is 0 Å². The molecule has 0 heterocycles. The van der Waals surface area contributed by atoms with Gasteiger partial charge in [0.15, 0.2) is 0 Å². The number of amides is 2. The van der Waals surface area contributed by atoms with Crippen molar-refractivity contribution in [2.45, 2.75) is 90.1 Å². The molecule has 0 fully saturated rings. The van der Waals surface area contributed by atoms with Gasteiger partial charge in [0.05, 0.1) is 0 Å². The normalized spacial score (nSPS) is 11.6. The summed E-state index contributed by atoms with van der Waals surface area (Å²) in [5.74, 6) is -1.25. The number of carbonyl (C=O) groups is 3. The predicted molar refractivity (Wildman–Crippen MR) is 144 cm³/mol. The molecule has 0 aliphatic heterocycles. The Morgan fingerprint density at radius 3 is 2.06 bits per heavy atom. The van der Waals surface area contributed by atoms with E-state index >= 15 is 0 Å². The molecule has 2 aromatic rings. The number of hydrogen-bond donors (Lipinski definition) is 2. The van der Waals surface area contributed by atoms with Crippen LogP contribution in [0.2, 0.25) is 0 Å². The lowest BCUT2D eigenvalue weighted by molar-refractivity contribution is -0.142. The van der Waals surface area contributed by atoms with Gasteiger partial charge in [-0.2, -0.15) is 0 Å². The Bertz CT molecular complexity index is 902. The fourth-order valence-electron chi connectivity index (χ4n) is 4.24. The molecule has 2 amide bonds. The summed E-state index contributed by atoms with van der Waals surface area (Å²) in [5, 5.41) is 12.3. The van der Waals surface area contributed by atoms with Crippen LogP contribution in [-0.4, -0.2) is 40.4 Å². The topological polar surface area (TPSA) is 86.7 Å². The van der Waals surface area contributed by atoms with Crippen LogP contribution in [0.1, 0.15) is 93.5 Å². The molecule has 0 bridgehead atoms. The van der Waals surface area contributed by atoms with Crippen molar-refractivity contribution in [2.75, 3.05) is 6.54 Å². The summed E-state index contributed by atoms with van der Waals surface area (Å²) in [5.41, 5.74) is 1.68. The SMILES string of the molecule is CCCCCCCCCC(=O)NC(CCCCN(Cc1ccccc1)C(=O)c1ccccc1)C(=O)O. The number of carboxylic acids is 1. The molecule has 0 aromatic heterocycles. The number of benzene rings is 2. The van der Waals surface area contributed by atoms with E-state index in [1.54, 1.807) is 4.90 Å². The van der Waals surface area contributed by atoms with Crippen molar-refractivity contribution in [1.82, 2.24) is 10.2 Å². The molecular weight excluding hydrogens is 452 g/mol. The van der Waals surface area contributed by atoms with Crippen LogP contribution in [0, 0.1) is 0 Å². The summed E-state index contributed by atoms with van der Waals surface area (Å²) in [6.07, 6.45) is 9.79. The van der Waals surface area contributed by atoms with E-state index in [2.05, 4.69) is 12.2 Å². The summed E-state index contributed by atoms with van der Waals surface area (Å²) in [6.45, 7) is 3.20. The number of carbonyl (C=O) groups excluding carboxylic acids is 2. The number of nitrogens with one attached hydrogen (secondary N) is 1. The molecule has 0 spiro atoms. The maximum atomic E-state index is 13.1. The van der Waals surface area contributed by atoms with Crippen molar-refractivity contribution in [1.29, 1.82) is 0 Å². The molecule has 0 radical (unpaired) electrons. The van der Waals surface area contributed by atoms with Crippen LogP contribution in [0.5, 0.6) is 0 Å². The van der Waals surface area contributed by atoms with E-state index in [1.165, 1.54) is 25.7 Å². The average molecular weight is 495 g/mol. The monoisotopic (exact) mass is 494 g/mol. The Morgan fingerprint density at radius 1 is 0.806 bits per heavy atom. The molecular formula is C30H42N2O4. The molecule has 196 valence electrons. The second-order valence-electron chi connectivity index (χ2n) is 9.40. The quantitative estimate of drug-likeness (QED) is 0.241. The van der Waals surface area contributed by atoms with Crippen molar-refractivity contribution in [3.05, 3.63) is 71.8 Å². The molecule has 0 aliphatic rings. The second-order valence-corrected chi connectivity index (χ2v) is 9.40. The lowest BCUT2D eigenvalue weighted by Crippen LogP contribution is -2.40. The Balaban J connectivity index is 1.79. The van der Waals surface area contributed by atoms with Crippen LogP contribution < -0.4 is 5.32 Å². The summed E-state index contributed by atoms with van der Waals surface area (Å²) in [6, 6.07) is 18.1. The first-order valence-corrected chi connectivity index (χ1v) is 13.4. The molecule has 2 aromatic carbocycles. The lowest BCUT2D eigenvalue weighted by atomic mass is 10.1. The molecule has 6 heteroatoms. The van der Waals surface area contributed by atoms with Crippen molar-refractivity contribution in [3.63, 3.8) is 0 Å². The van der Waals surface area contributed by atoms with E-state index in [9.17, 15) is 19.5 Å².